The number of hydrogen-bond acceptors (Lipinski definition) is 5. The summed E-state index contributed by atoms with van der Waals surface area (Å²) >= 11 is 1.43. The maximum absolute atomic E-state index is 9.56. The van der Waals surface area contributed by atoms with Crippen LogP contribution in [0.5, 0.6) is 16.6 Å². The van der Waals surface area contributed by atoms with Crippen molar-refractivity contribution < 1.29 is 14.2 Å². The predicted molar refractivity (Wildman–Crippen MR) is 91.4 cm³/mol. The Bertz CT molecular complexity index is 912. The van der Waals surface area contributed by atoms with E-state index in [1.54, 1.807) is 0 Å². The first-order valence-corrected chi connectivity index (χ1v) is 8.31. The van der Waals surface area contributed by atoms with E-state index in [1.807, 2.05) is 53.9 Å². The Morgan fingerprint density at radius 3 is 2.75 bits per heavy atom. The second-order valence-corrected chi connectivity index (χ2v) is 6.11. The molecule has 4 rings (SSSR count). The molecule has 0 fully saturated rings. The summed E-state index contributed by atoms with van der Waals surface area (Å²) in [6.07, 6.45) is 0. The molecule has 1 aromatic heterocycles. The van der Waals surface area contributed by atoms with Crippen molar-refractivity contribution in [2.45, 2.75) is 6.61 Å². The fraction of sp³-hybridized carbons (Fsp3) is 0.105. The number of benzene rings is 2. The Morgan fingerprint density at radius 1 is 1.08 bits per heavy atom. The Hall–Kier alpha value is -2.97. The Kier molecular flexibility index (Phi) is 3.81. The van der Waals surface area contributed by atoms with Crippen LogP contribution in [0.1, 0.15) is 11.1 Å². The van der Waals surface area contributed by atoms with Crippen molar-refractivity contribution in [3.8, 4) is 33.8 Å². The van der Waals surface area contributed by atoms with Gasteiger partial charge in [0.15, 0.2) is 16.6 Å². The predicted octanol–water partition coefficient (Wildman–Crippen LogP) is 4.59. The van der Waals surface area contributed by atoms with Crippen molar-refractivity contribution in [2.75, 3.05) is 6.79 Å². The van der Waals surface area contributed by atoms with Crippen molar-refractivity contribution in [2.24, 2.45) is 0 Å². The minimum Gasteiger partial charge on any atom is -0.478 e. The van der Waals surface area contributed by atoms with Crippen LogP contribution in [0.25, 0.3) is 11.1 Å². The van der Waals surface area contributed by atoms with Crippen LogP contribution in [0.15, 0.2) is 53.9 Å². The molecule has 0 amide bonds. The first-order chi connectivity index (χ1) is 11.8. The smallest absolute Gasteiger partial charge is 0.231 e. The zero-order chi connectivity index (χ0) is 16.4. The minimum atomic E-state index is 0.235. The normalized spacial score (nSPS) is 12.0. The summed E-state index contributed by atoms with van der Waals surface area (Å²) in [6.45, 7) is 0.676. The minimum absolute atomic E-state index is 0.235. The van der Waals surface area contributed by atoms with E-state index in [0.717, 1.165) is 22.4 Å². The topological polar surface area (TPSA) is 51.5 Å². The lowest BCUT2D eigenvalue weighted by atomic mass is 10.0. The van der Waals surface area contributed by atoms with Crippen molar-refractivity contribution >= 4 is 11.3 Å². The summed E-state index contributed by atoms with van der Waals surface area (Å²) in [4.78, 5) is 0. The van der Waals surface area contributed by atoms with Crippen molar-refractivity contribution in [1.82, 2.24) is 0 Å². The van der Waals surface area contributed by atoms with Crippen LogP contribution in [-0.2, 0) is 6.61 Å². The van der Waals surface area contributed by atoms with Gasteiger partial charge in [0.05, 0.1) is 0 Å². The van der Waals surface area contributed by atoms with Crippen LogP contribution in [-0.4, -0.2) is 6.79 Å². The number of hydrogen-bond donors (Lipinski definition) is 0. The molecule has 118 valence electrons. The summed E-state index contributed by atoms with van der Waals surface area (Å²) in [5.74, 6) is 1.43. The second-order valence-electron chi connectivity index (χ2n) is 5.27. The zero-order valence-corrected chi connectivity index (χ0v) is 13.5. The molecule has 1 aliphatic rings. The van der Waals surface area contributed by atoms with E-state index in [-0.39, 0.29) is 6.79 Å². The lowest BCUT2D eigenvalue weighted by Crippen LogP contribution is -1.95. The first-order valence-electron chi connectivity index (χ1n) is 7.43. The molecule has 0 radical (unpaired) electrons. The van der Waals surface area contributed by atoms with E-state index >= 15 is 0 Å². The molecule has 4 nitrogen and oxygen atoms in total. The van der Waals surface area contributed by atoms with Gasteiger partial charge in [-0.05, 0) is 23.3 Å². The largest absolute Gasteiger partial charge is 0.478 e. The van der Waals surface area contributed by atoms with Gasteiger partial charge in [-0.3, -0.25) is 0 Å². The van der Waals surface area contributed by atoms with Gasteiger partial charge in [-0.15, -0.1) is 11.3 Å². The molecule has 2 heterocycles. The van der Waals surface area contributed by atoms with E-state index < -0.39 is 0 Å². The van der Waals surface area contributed by atoms with Gasteiger partial charge in [-0.1, -0.05) is 36.4 Å². The summed E-state index contributed by atoms with van der Waals surface area (Å²) in [5.41, 5.74) is 3.39. The van der Waals surface area contributed by atoms with Gasteiger partial charge < -0.3 is 14.2 Å². The fourth-order valence-corrected chi connectivity index (χ4v) is 3.43. The molecule has 3 aromatic rings. The highest BCUT2D eigenvalue weighted by Crippen LogP contribution is 2.41. The molecule has 0 N–H and O–H groups in total. The van der Waals surface area contributed by atoms with Gasteiger partial charge >= 0.3 is 0 Å². The maximum atomic E-state index is 9.56. The molecule has 0 bridgehead atoms. The maximum Gasteiger partial charge on any atom is 0.231 e. The van der Waals surface area contributed by atoms with Gasteiger partial charge in [-0.2, -0.15) is 5.26 Å². The van der Waals surface area contributed by atoms with Crippen LogP contribution < -0.4 is 14.2 Å². The van der Waals surface area contributed by atoms with Gasteiger partial charge in [0.2, 0.25) is 6.79 Å². The third-order valence-corrected chi connectivity index (χ3v) is 4.66. The average Bonchev–Trinajstić information content (AvgIpc) is 3.26. The van der Waals surface area contributed by atoms with E-state index in [2.05, 4.69) is 6.07 Å². The molecule has 0 spiro atoms. The molecule has 0 aliphatic carbocycles. The summed E-state index contributed by atoms with van der Waals surface area (Å²) in [6, 6.07) is 17.8. The molecular weight excluding hydrogens is 322 g/mol. The van der Waals surface area contributed by atoms with Crippen LogP contribution in [0.3, 0.4) is 0 Å². The number of nitriles is 1. The van der Waals surface area contributed by atoms with Crippen LogP contribution in [0.4, 0.5) is 0 Å². The Morgan fingerprint density at radius 2 is 1.92 bits per heavy atom. The molecule has 1 aliphatic heterocycles. The third-order valence-electron chi connectivity index (χ3n) is 3.77. The van der Waals surface area contributed by atoms with Crippen LogP contribution in [0.2, 0.25) is 0 Å². The number of nitrogens with zero attached hydrogens (tertiary/aromatic N) is 1. The van der Waals surface area contributed by atoms with E-state index in [9.17, 15) is 5.26 Å². The third kappa shape index (κ3) is 2.68. The van der Waals surface area contributed by atoms with Gasteiger partial charge in [-0.25, -0.2) is 0 Å². The quantitative estimate of drug-likeness (QED) is 0.699. The molecular formula is C19H13NO3S. The van der Waals surface area contributed by atoms with Crippen molar-refractivity contribution in [3.05, 3.63) is 65.0 Å². The van der Waals surface area contributed by atoms with E-state index in [4.69, 9.17) is 14.2 Å². The van der Waals surface area contributed by atoms with Gasteiger partial charge in [0.25, 0.3) is 0 Å². The second kappa shape index (κ2) is 6.26. The van der Waals surface area contributed by atoms with Gasteiger partial charge in [0.1, 0.15) is 18.2 Å². The van der Waals surface area contributed by atoms with Gasteiger partial charge in [0, 0.05) is 10.9 Å². The summed E-state index contributed by atoms with van der Waals surface area (Å²) in [5, 5.41) is 12.1. The lowest BCUT2D eigenvalue weighted by molar-refractivity contribution is 0.174. The van der Waals surface area contributed by atoms with Crippen LogP contribution in [0, 0.1) is 11.3 Å². The van der Waals surface area contributed by atoms with Crippen LogP contribution >= 0.6 is 11.3 Å². The average molecular weight is 335 g/mol. The molecule has 24 heavy (non-hydrogen) atoms. The summed E-state index contributed by atoms with van der Waals surface area (Å²) in [7, 11) is 0. The molecule has 0 unspecified atom stereocenters. The molecule has 0 atom stereocenters. The number of ether oxygens (including phenoxy) is 3. The highest BCUT2D eigenvalue weighted by Gasteiger charge is 2.18. The monoisotopic (exact) mass is 335 g/mol. The highest BCUT2D eigenvalue weighted by atomic mass is 32.1. The summed E-state index contributed by atoms with van der Waals surface area (Å²) < 4.78 is 16.6. The van der Waals surface area contributed by atoms with E-state index in [0.29, 0.717) is 23.0 Å². The highest BCUT2D eigenvalue weighted by molar-refractivity contribution is 7.12. The zero-order valence-electron chi connectivity index (χ0n) is 12.7. The lowest BCUT2D eigenvalue weighted by Gasteiger charge is -2.05. The van der Waals surface area contributed by atoms with Crippen molar-refractivity contribution in [3.63, 3.8) is 0 Å². The molecule has 5 heteroatoms. The Balaban J connectivity index is 1.61. The first kappa shape index (κ1) is 14.6. The molecule has 2 aromatic carbocycles. The van der Waals surface area contributed by atoms with E-state index in [1.165, 1.54) is 11.3 Å². The number of thiophene rings is 1. The molecule has 0 saturated heterocycles. The molecule has 0 saturated carbocycles. The standard InChI is InChI=1S/C19H13NO3S/c20-9-15-16(14-6-7-17-18(8-14)23-12-22-17)11-24-19(15)21-10-13-4-2-1-3-5-13/h1-8,11H,10,12H2. The van der Waals surface area contributed by atoms with Crippen molar-refractivity contribution in [1.29, 1.82) is 5.26 Å². The number of rotatable bonds is 4. The SMILES string of the molecule is N#Cc1c(-c2ccc3c(c2)OCO3)csc1OCc1ccccc1. The fourth-order valence-electron chi connectivity index (χ4n) is 2.55. The Labute approximate surface area is 143 Å². The number of fused-ring (bicyclic) bond motifs is 1.